The summed E-state index contributed by atoms with van der Waals surface area (Å²) in [4.78, 5) is 0. The maximum absolute atomic E-state index is 3.69. The normalized spacial score (nSPS) is 16.1. The van der Waals surface area contributed by atoms with E-state index >= 15 is 0 Å². The molecule has 0 aliphatic heterocycles. The molecule has 109 valence electrons. The summed E-state index contributed by atoms with van der Waals surface area (Å²) in [6.07, 6.45) is 0. The lowest BCUT2D eigenvalue weighted by atomic mass is 9.86. The predicted molar refractivity (Wildman–Crippen MR) is 91.4 cm³/mol. The molecule has 1 unspecified atom stereocenters. The molecule has 1 aliphatic carbocycles. The molecule has 2 aromatic carbocycles. The van der Waals surface area contributed by atoms with E-state index in [0.29, 0.717) is 5.92 Å². The van der Waals surface area contributed by atoms with Crippen molar-refractivity contribution in [3.05, 3.63) is 56.1 Å². The van der Waals surface area contributed by atoms with Crippen LogP contribution >= 0.6 is 0 Å². The minimum Gasteiger partial charge on any atom is -0.0542 e. The molecule has 0 spiro atoms. The molecule has 2 aromatic rings. The third-order valence-corrected chi connectivity index (χ3v) is 5.94. The Morgan fingerprint density at radius 1 is 0.619 bits per heavy atom. The summed E-state index contributed by atoms with van der Waals surface area (Å²) in [6, 6.07) is 3.69. The lowest BCUT2D eigenvalue weighted by molar-refractivity contribution is 0.930. The van der Waals surface area contributed by atoms with Gasteiger partial charge >= 0.3 is 0 Å². The van der Waals surface area contributed by atoms with Crippen molar-refractivity contribution < 1.29 is 0 Å². The van der Waals surface area contributed by atoms with E-state index in [1.165, 1.54) is 61.2 Å². The van der Waals surface area contributed by atoms with Crippen molar-refractivity contribution in [2.24, 2.45) is 0 Å². The first kappa shape index (κ1) is 14.4. The van der Waals surface area contributed by atoms with Crippen molar-refractivity contribution in [2.45, 2.75) is 61.3 Å². The van der Waals surface area contributed by atoms with E-state index in [-0.39, 0.29) is 0 Å². The van der Waals surface area contributed by atoms with Gasteiger partial charge in [0, 0.05) is 5.92 Å². The smallest absolute Gasteiger partial charge is 0.00825 e. The highest BCUT2D eigenvalue weighted by molar-refractivity contribution is 5.86. The van der Waals surface area contributed by atoms with Crippen LogP contribution in [0.15, 0.2) is 0 Å². The van der Waals surface area contributed by atoms with Crippen molar-refractivity contribution in [3.8, 4) is 11.1 Å². The summed E-state index contributed by atoms with van der Waals surface area (Å²) < 4.78 is 0. The van der Waals surface area contributed by atoms with Gasteiger partial charge in [-0.3, -0.25) is 0 Å². The van der Waals surface area contributed by atoms with Crippen LogP contribution in [0.2, 0.25) is 0 Å². The third-order valence-electron chi connectivity index (χ3n) is 5.94. The second-order valence-corrected chi connectivity index (χ2v) is 6.80. The Bertz CT molecular complexity index is 776. The highest BCUT2D eigenvalue weighted by atomic mass is 14.4. The molecule has 0 N–H and O–H groups in total. The maximum Gasteiger partial charge on any atom is 0.00825 e. The Kier molecular flexibility index (Phi) is 3.06. The number of benzene rings is 2. The van der Waals surface area contributed by atoms with Gasteiger partial charge in [-0.1, -0.05) is 6.92 Å². The second kappa shape index (κ2) is 4.47. The molecule has 3 rings (SSSR count). The van der Waals surface area contributed by atoms with Gasteiger partial charge in [0.15, 0.2) is 0 Å². The van der Waals surface area contributed by atoms with E-state index in [9.17, 15) is 0 Å². The molecule has 0 fully saturated rings. The van der Waals surface area contributed by atoms with Crippen molar-refractivity contribution in [3.63, 3.8) is 0 Å². The summed E-state index contributed by atoms with van der Waals surface area (Å²) in [5.74, 6) is 0.464. The molecule has 1 radical (unpaired) electrons. The lowest BCUT2D eigenvalue weighted by Gasteiger charge is -2.18. The van der Waals surface area contributed by atoms with Gasteiger partial charge in [0.2, 0.25) is 0 Å². The molecular formula is C21H25. The van der Waals surface area contributed by atoms with Crippen LogP contribution < -0.4 is 0 Å². The highest BCUT2D eigenvalue weighted by Crippen LogP contribution is 2.51. The zero-order valence-electron chi connectivity index (χ0n) is 14.6. The Morgan fingerprint density at radius 2 is 1.14 bits per heavy atom. The Hall–Kier alpha value is -1.56. The summed E-state index contributed by atoms with van der Waals surface area (Å²) in [6.45, 7) is 18.1. The van der Waals surface area contributed by atoms with Crippen LogP contribution in [-0.2, 0) is 0 Å². The molecule has 0 bridgehead atoms. The fraction of sp³-hybridized carbons (Fsp3) is 0.429. The van der Waals surface area contributed by atoms with E-state index in [2.05, 4.69) is 61.5 Å². The maximum atomic E-state index is 3.69. The molecule has 0 heteroatoms. The van der Waals surface area contributed by atoms with Crippen LogP contribution in [0.4, 0.5) is 0 Å². The number of rotatable bonds is 0. The molecule has 0 saturated heterocycles. The van der Waals surface area contributed by atoms with E-state index in [1.807, 2.05) is 0 Å². The van der Waals surface area contributed by atoms with Crippen molar-refractivity contribution in [1.29, 1.82) is 0 Å². The molecule has 0 amide bonds. The van der Waals surface area contributed by atoms with E-state index in [0.717, 1.165) is 0 Å². The standard InChI is InChI=1S/C21H25/c1-10-9-18-17(8)19-15(6)12(3)13(4)16(7)21(19)20(18)14(5)11(10)2/h17H,1-8H3. The van der Waals surface area contributed by atoms with Gasteiger partial charge in [-0.25, -0.2) is 0 Å². The largest absolute Gasteiger partial charge is 0.0542 e. The number of fused-ring (bicyclic) bond motifs is 3. The van der Waals surface area contributed by atoms with Crippen LogP contribution in [-0.4, -0.2) is 0 Å². The van der Waals surface area contributed by atoms with Gasteiger partial charge in [0.25, 0.3) is 0 Å². The van der Waals surface area contributed by atoms with Gasteiger partial charge in [-0.05, 0) is 116 Å². The Labute approximate surface area is 129 Å². The highest BCUT2D eigenvalue weighted by Gasteiger charge is 2.32. The molecule has 0 heterocycles. The fourth-order valence-electron chi connectivity index (χ4n) is 4.03. The molecule has 0 nitrogen and oxygen atoms in total. The molecule has 21 heavy (non-hydrogen) atoms. The first-order chi connectivity index (χ1) is 9.77. The van der Waals surface area contributed by atoms with Gasteiger partial charge < -0.3 is 0 Å². The zero-order chi connectivity index (χ0) is 15.6. The minimum atomic E-state index is 0.464. The molecule has 0 aromatic heterocycles. The molecule has 0 saturated carbocycles. The van der Waals surface area contributed by atoms with Crippen LogP contribution in [0.5, 0.6) is 0 Å². The van der Waals surface area contributed by atoms with E-state index in [4.69, 9.17) is 0 Å². The summed E-state index contributed by atoms with van der Waals surface area (Å²) >= 11 is 0. The predicted octanol–water partition coefficient (Wildman–Crippen LogP) is 5.78. The second-order valence-electron chi connectivity index (χ2n) is 6.80. The molecular weight excluding hydrogens is 252 g/mol. The monoisotopic (exact) mass is 277 g/mol. The fourth-order valence-corrected chi connectivity index (χ4v) is 4.03. The van der Waals surface area contributed by atoms with Gasteiger partial charge in [-0.15, -0.1) is 0 Å². The minimum absolute atomic E-state index is 0.464. The molecule has 1 aliphatic rings. The Morgan fingerprint density at radius 3 is 1.76 bits per heavy atom. The van der Waals surface area contributed by atoms with Gasteiger partial charge in [0.1, 0.15) is 0 Å². The van der Waals surface area contributed by atoms with Crippen LogP contribution in [0.3, 0.4) is 0 Å². The lowest BCUT2D eigenvalue weighted by Crippen LogP contribution is -2.00. The number of hydrogen-bond acceptors (Lipinski definition) is 0. The first-order valence-electron chi connectivity index (χ1n) is 7.90. The van der Waals surface area contributed by atoms with Gasteiger partial charge in [-0.2, -0.15) is 0 Å². The van der Waals surface area contributed by atoms with Crippen LogP contribution in [0.25, 0.3) is 11.1 Å². The van der Waals surface area contributed by atoms with Crippen molar-refractivity contribution in [2.75, 3.05) is 0 Å². The zero-order valence-corrected chi connectivity index (χ0v) is 14.6. The summed E-state index contributed by atoms with van der Waals surface area (Å²) in [5.41, 5.74) is 15.9. The number of hydrogen-bond donors (Lipinski definition) is 0. The van der Waals surface area contributed by atoms with Crippen molar-refractivity contribution in [1.82, 2.24) is 0 Å². The third kappa shape index (κ3) is 1.68. The van der Waals surface area contributed by atoms with Crippen LogP contribution in [0.1, 0.15) is 62.9 Å². The SMILES string of the molecule is Cc1[c]c2c(c(C)c1C)-c1c(C)c(C)c(C)c(C)c1C2C. The van der Waals surface area contributed by atoms with Crippen molar-refractivity contribution >= 4 is 0 Å². The van der Waals surface area contributed by atoms with E-state index < -0.39 is 0 Å². The topological polar surface area (TPSA) is 0 Å². The van der Waals surface area contributed by atoms with E-state index in [1.54, 1.807) is 0 Å². The summed E-state index contributed by atoms with van der Waals surface area (Å²) in [7, 11) is 0. The Balaban J connectivity index is 2.51. The summed E-state index contributed by atoms with van der Waals surface area (Å²) in [5, 5.41) is 0. The van der Waals surface area contributed by atoms with Gasteiger partial charge in [0.05, 0.1) is 0 Å². The quantitative estimate of drug-likeness (QED) is 0.572. The average molecular weight is 277 g/mol. The average Bonchev–Trinajstić information content (AvgIpc) is 2.74. The van der Waals surface area contributed by atoms with Crippen LogP contribution in [0, 0.1) is 54.5 Å². The molecule has 1 atom stereocenters. The number of aryl methyl sites for hydroxylation is 1. The first-order valence-corrected chi connectivity index (χ1v) is 7.90.